The highest BCUT2D eigenvalue weighted by atomic mass is 32.2. The van der Waals surface area contributed by atoms with Crippen molar-refractivity contribution in [1.82, 2.24) is 0 Å². The number of carbonyl (C=O) groups is 1. The highest BCUT2D eigenvalue weighted by molar-refractivity contribution is 7.99. The van der Waals surface area contributed by atoms with E-state index >= 15 is 0 Å². The van der Waals surface area contributed by atoms with Crippen molar-refractivity contribution in [2.24, 2.45) is 5.73 Å². The van der Waals surface area contributed by atoms with Gasteiger partial charge in [0.15, 0.2) is 6.20 Å². The molecule has 1 heterocycles. The normalized spacial score (nSPS) is 12.4. The lowest BCUT2D eigenvalue weighted by Crippen LogP contribution is -2.34. The van der Waals surface area contributed by atoms with Crippen LogP contribution in [-0.4, -0.2) is 22.9 Å². The fraction of sp³-hybridized carbons (Fsp3) is 0.250. The molecule has 0 bridgehead atoms. The first-order chi connectivity index (χ1) is 6.61. The molecule has 6 heteroatoms. The predicted octanol–water partition coefficient (Wildman–Crippen LogP) is -0.176. The number of rotatable bonds is 4. The molecule has 1 rings (SSSR count). The molecule has 0 radical (unpaired) electrons. The molecule has 0 aromatic carbocycles. The first-order valence-electron chi connectivity index (χ1n) is 3.90. The third-order valence-corrected chi connectivity index (χ3v) is 2.65. The summed E-state index contributed by atoms with van der Waals surface area (Å²) in [7, 11) is 0. The molecule has 1 aromatic rings. The minimum Gasteiger partial charge on any atom is -0.618 e. The Hall–Kier alpha value is -1.27. The summed E-state index contributed by atoms with van der Waals surface area (Å²) in [4.78, 5) is 10.4. The fourth-order valence-corrected chi connectivity index (χ4v) is 1.63. The molecule has 0 unspecified atom stereocenters. The summed E-state index contributed by atoms with van der Waals surface area (Å²) in [6.45, 7) is 0. The number of nitrogens with zero attached hydrogens (tertiary/aromatic N) is 1. The average Bonchev–Trinajstić information content (AvgIpc) is 2.16. The molecule has 14 heavy (non-hydrogen) atoms. The largest absolute Gasteiger partial charge is 0.618 e. The first kappa shape index (κ1) is 10.8. The second-order valence-electron chi connectivity index (χ2n) is 2.62. The minimum atomic E-state index is -1.06. The summed E-state index contributed by atoms with van der Waals surface area (Å²) < 4.78 is 0.680. The third kappa shape index (κ3) is 2.90. The molecule has 0 fully saturated rings. The molecule has 0 saturated heterocycles. The van der Waals surface area contributed by atoms with Crippen LogP contribution >= 0.6 is 11.8 Å². The molecule has 0 aliphatic rings. The van der Waals surface area contributed by atoms with Crippen LogP contribution < -0.4 is 10.5 Å². The van der Waals surface area contributed by atoms with E-state index in [1.165, 1.54) is 6.20 Å². The van der Waals surface area contributed by atoms with Gasteiger partial charge in [0.2, 0.25) is 0 Å². The van der Waals surface area contributed by atoms with Gasteiger partial charge in [-0.25, -0.2) is 0 Å². The lowest BCUT2D eigenvalue weighted by Gasteiger charge is -2.05. The van der Waals surface area contributed by atoms with Gasteiger partial charge in [-0.2, -0.15) is 4.73 Å². The van der Waals surface area contributed by atoms with E-state index in [1.807, 2.05) is 0 Å². The number of hydrogen-bond acceptors (Lipinski definition) is 4. The van der Waals surface area contributed by atoms with Gasteiger partial charge in [-0.3, -0.25) is 4.79 Å². The highest BCUT2D eigenvalue weighted by Crippen LogP contribution is 2.12. The van der Waals surface area contributed by atoms with Gasteiger partial charge in [0.25, 0.3) is 5.03 Å². The van der Waals surface area contributed by atoms with Crippen molar-refractivity contribution in [1.29, 1.82) is 0 Å². The Labute approximate surface area is 85.1 Å². The molecule has 1 atom stereocenters. The van der Waals surface area contributed by atoms with E-state index in [4.69, 9.17) is 10.8 Å². The number of thioether (sulfide) groups is 1. The van der Waals surface area contributed by atoms with Crippen LogP contribution in [0.2, 0.25) is 0 Å². The van der Waals surface area contributed by atoms with Gasteiger partial charge in [0.1, 0.15) is 6.04 Å². The summed E-state index contributed by atoms with van der Waals surface area (Å²) >= 11 is 1.13. The van der Waals surface area contributed by atoms with Crippen molar-refractivity contribution in [3.05, 3.63) is 29.6 Å². The lowest BCUT2D eigenvalue weighted by molar-refractivity contribution is -0.645. The molecular weight excluding hydrogens is 204 g/mol. The number of aliphatic carboxylic acids is 1. The van der Waals surface area contributed by atoms with E-state index in [0.29, 0.717) is 9.76 Å². The van der Waals surface area contributed by atoms with Gasteiger partial charge < -0.3 is 16.0 Å². The molecule has 0 amide bonds. The van der Waals surface area contributed by atoms with Crippen molar-refractivity contribution < 1.29 is 14.6 Å². The van der Waals surface area contributed by atoms with Crippen molar-refractivity contribution in [2.45, 2.75) is 11.1 Å². The van der Waals surface area contributed by atoms with Gasteiger partial charge >= 0.3 is 5.97 Å². The van der Waals surface area contributed by atoms with Crippen LogP contribution in [-0.2, 0) is 4.79 Å². The molecule has 1 aromatic heterocycles. The lowest BCUT2D eigenvalue weighted by atomic mass is 10.4. The number of aromatic nitrogens is 1. The Balaban J connectivity index is 2.54. The zero-order valence-electron chi connectivity index (χ0n) is 7.29. The van der Waals surface area contributed by atoms with E-state index < -0.39 is 12.0 Å². The standard InChI is InChI=1S/C8H10N2O3S/c9-6(8(11)12)5-14-7-3-1-2-4-10(7)13/h1-4,6H,5,9H2,(H,11,12)/t6-/m0/s1. The second kappa shape index (κ2) is 4.83. The van der Waals surface area contributed by atoms with Crippen LogP contribution in [0.5, 0.6) is 0 Å². The Morgan fingerprint density at radius 1 is 1.71 bits per heavy atom. The second-order valence-corrected chi connectivity index (χ2v) is 3.66. The third-order valence-electron chi connectivity index (χ3n) is 1.52. The minimum absolute atomic E-state index is 0.182. The number of nitrogens with two attached hydrogens (primary N) is 1. The van der Waals surface area contributed by atoms with Crippen LogP contribution in [0.15, 0.2) is 29.4 Å². The van der Waals surface area contributed by atoms with Gasteiger partial charge in [-0.1, -0.05) is 11.8 Å². The summed E-state index contributed by atoms with van der Waals surface area (Å²) in [6.07, 6.45) is 1.36. The molecule has 76 valence electrons. The Bertz CT molecular complexity index is 332. The van der Waals surface area contributed by atoms with Gasteiger partial charge in [-0.05, 0) is 6.07 Å². The van der Waals surface area contributed by atoms with Crippen molar-refractivity contribution >= 4 is 17.7 Å². The smallest absolute Gasteiger partial charge is 0.321 e. The Morgan fingerprint density at radius 2 is 2.43 bits per heavy atom. The van der Waals surface area contributed by atoms with Gasteiger partial charge in [0.05, 0.1) is 0 Å². The quantitative estimate of drug-likeness (QED) is 0.412. The number of carboxylic acids is 1. The van der Waals surface area contributed by atoms with E-state index in [1.54, 1.807) is 18.2 Å². The maximum Gasteiger partial charge on any atom is 0.321 e. The number of carboxylic acid groups (broad SMARTS) is 1. The van der Waals surface area contributed by atoms with Gasteiger partial charge in [0, 0.05) is 17.9 Å². The Kier molecular flexibility index (Phi) is 3.73. The SMILES string of the molecule is N[C@@H](CSc1cccc[n+]1[O-])C(=O)O. The summed E-state index contributed by atoms with van der Waals surface area (Å²) in [6, 6.07) is 3.99. The monoisotopic (exact) mass is 214 g/mol. The molecule has 0 saturated carbocycles. The fourth-order valence-electron chi connectivity index (χ4n) is 0.771. The van der Waals surface area contributed by atoms with Crippen LogP contribution in [0.3, 0.4) is 0 Å². The van der Waals surface area contributed by atoms with Crippen molar-refractivity contribution in [2.75, 3.05) is 5.75 Å². The molecule has 5 nitrogen and oxygen atoms in total. The summed E-state index contributed by atoms with van der Waals surface area (Å²) in [5, 5.41) is 20.1. The van der Waals surface area contributed by atoms with Crippen LogP contribution in [0.1, 0.15) is 0 Å². The predicted molar refractivity (Wildman–Crippen MR) is 51.7 cm³/mol. The zero-order chi connectivity index (χ0) is 10.6. The van der Waals surface area contributed by atoms with Crippen LogP contribution in [0.4, 0.5) is 0 Å². The van der Waals surface area contributed by atoms with Gasteiger partial charge in [-0.15, -0.1) is 0 Å². The molecule has 0 aliphatic heterocycles. The Morgan fingerprint density at radius 3 is 3.00 bits per heavy atom. The van der Waals surface area contributed by atoms with Crippen LogP contribution in [0, 0.1) is 5.21 Å². The van der Waals surface area contributed by atoms with Crippen molar-refractivity contribution in [3.63, 3.8) is 0 Å². The molecule has 0 aliphatic carbocycles. The van der Waals surface area contributed by atoms with E-state index in [0.717, 1.165) is 11.8 Å². The number of pyridine rings is 1. The topological polar surface area (TPSA) is 90.3 Å². The van der Waals surface area contributed by atoms with Crippen LogP contribution in [0.25, 0.3) is 0 Å². The summed E-state index contributed by atoms with van der Waals surface area (Å²) in [5.41, 5.74) is 5.28. The highest BCUT2D eigenvalue weighted by Gasteiger charge is 2.14. The maximum atomic E-state index is 11.1. The van der Waals surface area contributed by atoms with E-state index in [9.17, 15) is 10.0 Å². The van der Waals surface area contributed by atoms with Crippen molar-refractivity contribution in [3.8, 4) is 0 Å². The number of hydrogen-bond donors (Lipinski definition) is 2. The zero-order valence-corrected chi connectivity index (χ0v) is 8.11. The summed E-state index contributed by atoms with van der Waals surface area (Å²) in [5.74, 6) is -0.882. The van der Waals surface area contributed by atoms with E-state index in [2.05, 4.69) is 0 Å². The molecule has 3 N–H and O–H groups in total. The van der Waals surface area contributed by atoms with E-state index in [-0.39, 0.29) is 5.75 Å². The molecule has 0 spiro atoms. The average molecular weight is 214 g/mol. The molecular formula is C8H10N2O3S. The maximum absolute atomic E-state index is 11.1. The first-order valence-corrected chi connectivity index (χ1v) is 4.89.